The summed E-state index contributed by atoms with van der Waals surface area (Å²) in [7, 11) is 0. The summed E-state index contributed by atoms with van der Waals surface area (Å²) in [4.78, 5) is 0. The van der Waals surface area contributed by atoms with Crippen LogP contribution in [0, 0.1) is 17.3 Å². The van der Waals surface area contributed by atoms with Crippen LogP contribution in [0.3, 0.4) is 0 Å². The largest absolute Gasteiger partial charge is 0.314 e. The Kier molecular flexibility index (Phi) is 2.39. The summed E-state index contributed by atoms with van der Waals surface area (Å²) in [6, 6.07) is 0.653. The highest BCUT2D eigenvalue weighted by molar-refractivity contribution is 5.03. The van der Waals surface area contributed by atoms with Crippen LogP contribution in [0.25, 0.3) is 0 Å². The van der Waals surface area contributed by atoms with Crippen molar-refractivity contribution in [3.63, 3.8) is 0 Å². The van der Waals surface area contributed by atoms with Crippen LogP contribution >= 0.6 is 0 Å². The molecule has 0 amide bonds. The van der Waals surface area contributed by atoms with Crippen LogP contribution in [0.15, 0.2) is 0 Å². The van der Waals surface area contributed by atoms with E-state index >= 15 is 0 Å². The van der Waals surface area contributed by atoms with Crippen LogP contribution in [-0.4, -0.2) is 12.6 Å². The second-order valence-electron chi connectivity index (χ2n) is 5.55. The molecule has 1 nitrogen and oxygen atoms in total. The Morgan fingerprint density at radius 2 is 1.92 bits per heavy atom. The Morgan fingerprint density at radius 1 is 1.31 bits per heavy atom. The molecule has 0 aromatic carbocycles. The van der Waals surface area contributed by atoms with Crippen molar-refractivity contribution in [3.05, 3.63) is 0 Å². The van der Waals surface area contributed by atoms with Gasteiger partial charge >= 0.3 is 0 Å². The molecule has 76 valence electrons. The molecule has 2 atom stereocenters. The third-order valence-electron chi connectivity index (χ3n) is 4.09. The van der Waals surface area contributed by atoms with Gasteiger partial charge in [0.15, 0.2) is 0 Å². The van der Waals surface area contributed by atoms with E-state index in [0.717, 1.165) is 11.8 Å². The molecule has 1 heteroatoms. The molecule has 2 unspecified atom stereocenters. The van der Waals surface area contributed by atoms with Crippen molar-refractivity contribution in [2.24, 2.45) is 17.3 Å². The van der Waals surface area contributed by atoms with E-state index in [9.17, 15) is 0 Å². The van der Waals surface area contributed by atoms with E-state index in [1.165, 1.54) is 25.8 Å². The molecule has 2 saturated carbocycles. The van der Waals surface area contributed by atoms with Crippen molar-refractivity contribution in [3.8, 4) is 0 Å². The van der Waals surface area contributed by atoms with E-state index < -0.39 is 0 Å². The number of nitrogens with one attached hydrogen (secondary N) is 1. The lowest BCUT2D eigenvalue weighted by Crippen LogP contribution is -2.36. The molecule has 2 aliphatic rings. The fraction of sp³-hybridized carbons (Fsp3) is 1.00. The lowest BCUT2D eigenvalue weighted by molar-refractivity contribution is 0.234. The zero-order chi connectivity index (χ0) is 9.47. The SMILES string of the molecule is CCC1(CNC(C)C)CC2CC2C1. The molecular formula is C12H23N. The van der Waals surface area contributed by atoms with Crippen LogP contribution in [0.1, 0.15) is 46.5 Å². The van der Waals surface area contributed by atoms with Crippen LogP contribution in [0.4, 0.5) is 0 Å². The van der Waals surface area contributed by atoms with Crippen molar-refractivity contribution in [1.29, 1.82) is 0 Å². The van der Waals surface area contributed by atoms with Gasteiger partial charge in [-0.15, -0.1) is 0 Å². The van der Waals surface area contributed by atoms with Gasteiger partial charge in [0, 0.05) is 12.6 Å². The first-order valence-corrected chi connectivity index (χ1v) is 5.88. The summed E-state index contributed by atoms with van der Waals surface area (Å²) in [6.45, 7) is 8.12. The van der Waals surface area contributed by atoms with Crippen molar-refractivity contribution < 1.29 is 0 Å². The van der Waals surface area contributed by atoms with Gasteiger partial charge in [0.25, 0.3) is 0 Å². The highest BCUT2D eigenvalue weighted by Gasteiger charge is 2.52. The maximum Gasteiger partial charge on any atom is 0.00106 e. The number of rotatable bonds is 4. The number of hydrogen-bond donors (Lipinski definition) is 1. The molecule has 0 spiro atoms. The first kappa shape index (κ1) is 9.51. The molecule has 0 aromatic heterocycles. The van der Waals surface area contributed by atoms with Crippen LogP contribution in [-0.2, 0) is 0 Å². The second-order valence-corrected chi connectivity index (χ2v) is 5.55. The van der Waals surface area contributed by atoms with Crippen molar-refractivity contribution in [2.45, 2.75) is 52.5 Å². The van der Waals surface area contributed by atoms with Gasteiger partial charge in [0.1, 0.15) is 0 Å². The molecule has 0 radical (unpaired) electrons. The molecule has 0 aromatic rings. The first-order chi connectivity index (χ1) is 6.15. The Hall–Kier alpha value is -0.0400. The standard InChI is InChI=1S/C12H23N/c1-4-12(8-13-9(2)3)6-10-5-11(10)7-12/h9-11,13H,4-8H2,1-3H3. The van der Waals surface area contributed by atoms with E-state index in [4.69, 9.17) is 0 Å². The summed E-state index contributed by atoms with van der Waals surface area (Å²) in [5.41, 5.74) is 0.678. The Morgan fingerprint density at radius 3 is 2.38 bits per heavy atom. The van der Waals surface area contributed by atoms with Crippen LogP contribution in [0.5, 0.6) is 0 Å². The predicted molar refractivity (Wildman–Crippen MR) is 56.7 cm³/mol. The fourth-order valence-corrected chi connectivity index (χ4v) is 2.98. The van der Waals surface area contributed by atoms with Gasteiger partial charge in [0.05, 0.1) is 0 Å². The summed E-state index contributed by atoms with van der Waals surface area (Å²) in [5.74, 6) is 2.24. The van der Waals surface area contributed by atoms with Gasteiger partial charge in [-0.25, -0.2) is 0 Å². The molecule has 0 aliphatic heterocycles. The maximum atomic E-state index is 3.62. The Labute approximate surface area is 82.3 Å². The minimum atomic E-state index is 0.653. The fourth-order valence-electron chi connectivity index (χ4n) is 2.98. The van der Waals surface area contributed by atoms with E-state index in [-0.39, 0.29) is 0 Å². The predicted octanol–water partition coefficient (Wildman–Crippen LogP) is 2.81. The summed E-state index contributed by atoms with van der Waals surface area (Å²) in [6.07, 6.45) is 5.94. The highest BCUT2D eigenvalue weighted by Crippen LogP contribution is 2.60. The van der Waals surface area contributed by atoms with E-state index in [1.54, 1.807) is 6.42 Å². The summed E-state index contributed by atoms with van der Waals surface area (Å²) < 4.78 is 0. The zero-order valence-electron chi connectivity index (χ0n) is 9.27. The molecule has 2 fully saturated rings. The zero-order valence-corrected chi connectivity index (χ0v) is 9.27. The van der Waals surface area contributed by atoms with E-state index in [0.29, 0.717) is 11.5 Å². The molecule has 2 aliphatic carbocycles. The van der Waals surface area contributed by atoms with Crippen LogP contribution < -0.4 is 5.32 Å². The first-order valence-electron chi connectivity index (χ1n) is 5.88. The average molecular weight is 181 g/mol. The maximum absolute atomic E-state index is 3.62. The molecular weight excluding hydrogens is 158 g/mol. The van der Waals surface area contributed by atoms with Gasteiger partial charge in [0.2, 0.25) is 0 Å². The molecule has 0 heterocycles. The molecule has 1 N–H and O–H groups in total. The van der Waals surface area contributed by atoms with Gasteiger partial charge < -0.3 is 5.32 Å². The van der Waals surface area contributed by atoms with Crippen molar-refractivity contribution in [2.75, 3.05) is 6.54 Å². The second kappa shape index (κ2) is 3.27. The third-order valence-corrected chi connectivity index (χ3v) is 4.09. The number of fused-ring (bicyclic) bond motifs is 1. The van der Waals surface area contributed by atoms with E-state index in [1.807, 2.05) is 0 Å². The smallest absolute Gasteiger partial charge is 0.00106 e. The number of hydrogen-bond acceptors (Lipinski definition) is 1. The van der Waals surface area contributed by atoms with Gasteiger partial charge in [-0.05, 0) is 42.9 Å². The Balaban J connectivity index is 1.85. The lowest BCUT2D eigenvalue weighted by Gasteiger charge is -2.31. The minimum Gasteiger partial charge on any atom is -0.314 e. The normalized spacial score (nSPS) is 42.5. The average Bonchev–Trinajstić information content (AvgIpc) is 2.72. The molecule has 2 rings (SSSR count). The quantitative estimate of drug-likeness (QED) is 0.703. The van der Waals surface area contributed by atoms with Crippen molar-refractivity contribution >= 4 is 0 Å². The van der Waals surface area contributed by atoms with Gasteiger partial charge in [-0.1, -0.05) is 20.8 Å². The highest BCUT2D eigenvalue weighted by atomic mass is 14.9. The minimum absolute atomic E-state index is 0.653. The summed E-state index contributed by atoms with van der Waals surface area (Å²) >= 11 is 0. The topological polar surface area (TPSA) is 12.0 Å². The van der Waals surface area contributed by atoms with Crippen LogP contribution in [0.2, 0.25) is 0 Å². The van der Waals surface area contributed by atoms with Gasteiger partial charge in [-0.2, -0.15) is 0 Å². The van der Waals surface area contributed by atoms with E-state index in [2.05, 4.69) is 26.1 Å². The third kappa shape index (κ3) is 1.90. The monoisotopic (exact) mass is 181 g/mol. The molecule has 13 heavy (non-hydrogen) atoms. The Bertz CT molecular complexity index is 176. The molecule has 0 saturated heterocycles. The van der Waals surface area contributed by atoms with Gasteiger partial charge in [-0.3, -0.25) is 0 Å². The van der Waals surface area contributed by atoms with Crippen molar-refractivity contribution in [1.82, 2.24) is 5.32 Å². The lowest BCUT2D eigenvalue weighted by atomic mass is 9.80. The summed E-state index contributed by atoms with van der Waals surface area (Å²) in [5, 5.41) is 3.62. The molecule has 0 bridgehead atoms.